The van der Waals surface area contributed by atoms with Crippen LogP contribution in [0, 0.1) is 6.92 Å². The molecule has 0 amide bonds. The molecular weight excluding hydrogens is 416 g/mol. The van der Waals surface area contributed by atoms with Crippen LogP contribution in [-0.4, -0.2) is 50.2 Å². The first-order valence-electron chi connectivity index (χ1n) is 11.3. The molecule has 33 heavy (non-hydrogen) atoms. The second kappa shape index (κ2) is 8.71. The van der Waals surface area contributed by atoms with Crippen molar-refractivity contribution in [1.29, 1.82) is 0 Å². The number of rotatable bonds is 5. The predicted molar refractivity (Wildman–Crippen MR) is 130 cm³/mol. The molecular formula is C25H28N6O2. The molecule has 0 unspecified atom stereocenters. The zero-order valence-corrected chi connectivity index (χ0v) is 19.0. The van der Waals surface area contributed by atoms with Crippen LogP contribution in [0.2, 0.25) is 0 Å². The van der Waals surface area contributed by atoms with Crippen molar-refractivity contribution in [1.82, 2.24) is 24.0 Å². The fourth-order valence-corrected chi connectivity index (χ4v) is 4.55. The summed E-state index contributed by atoms with van der Waals surface area (Å²) in [5, 5.41) is 0. The van der Waals surface area contributed by atoms with Crippen LogP contribution in [0.5, 0.6) is 0 Å². The summed E-state index contributed by atoms with van der Waals surface area (Å²) in [5.74, 6) is 0.734. The lowest BCUT2D eigenvalue weighted by atomic mass is 10.1. The van der Waals surface area contributed by atoms with Crippen LogP contribution in [0.25, 0.3) is 11.2 Å². The average molecular weight is 445 g/mol. The number of hydrogen-bond donors (Lipinski definition) is 1. The number of aryl methyl sites for hydroxylation is 2. The fraction of sp³-hybridized carbons (Fsp3) is 0.320. The normalized spacial score (nSPS) is 14.8. The smallest absolute Gasteiger partial charge is 0.329 e. The van der Waals surface area contributed by atoms with E-state index < -0.39 is 11.2 Å². The van der Waals surface area contributed by atoms with Gasteiger partial charge in [0, 0.05) is 39.8 Å². The summed E-state index contributed by atoms with van der Waals surface area (Å²) >= 11 is 0. The van der Waals surface area contributed by atoms with Crippen LogP contribution >= 0.6 is 0 Å². The van der Waals surface area contributed by atoms with Gasteiger partial charge in [-0.1, -0.05) is 60.2 Å². The number of aromatic amines is 1. The van der Waals surface area contributed by atoms with Gasteiger partial charge in [0.25, 0.3) is 5.56 Å². The van der Waals surface area contributed by atoms with E-state index >= 15 is 0 Å². The Morgan fingerprint density at radius 3 is 2.36 bits per heavy atom. The Labute approximate surface area is 191 Å². The van der Waals surface area contributed by atoms with E-state index in [9.17, 15) is 9.59 Å². The molecule has 8 nitrogen and oxygen atoms in total. The summed E-state index contributed by atoms with van der Waals surface area (Å²) in [6.07, 6.45) is 0. The van der Waals surface area contributed by atoms with Gasteiger partial charge in [-0.2, -0.15) is 4.98 Å². The first-order valence-corrected chi connectivity index (χ1v) is 11.3. The van der Waals surface area contributed by atoms with Crippen molar-refractivity contribution in [2.45, 2.75) is 20.0 Å². The summed E-state index contributed by atoms with van der Waals surface area (Å²) in [6.45, 7) is 6.89. The number of hydrogen-bond acceptors (Lipinski definition) is 5. The summed E-state index contributed by atoms with van der Waals surface area (Å²) in [5.41, 5.74) is 3.55. The summed E-state index contributed by atoms with van der Waals surface area (Å²) in [7, 11) is 1.65. The van der Waals surface area contributed by atoms with Crippen LogP contribution in [0.15, 0.2) is 64.2 Å². The second-order valence-corrected chi connectivity index (χ2v) is 8.73. The van der Waals surface area contributed by atoms with Gasteiger partial charge in [0.05, 0.1) is 6.54 Å². The molecule has 2 aromatic heterocycles. The molecule has 2 aromatic carbocycles. The Hall–Kier alpha value is -3.65. The first kappa shape index (κ1) is 21.2. The Morgan fingerprint density at radius 1 is 0.909 bits per heavy atom. The van der Waals surface area contributed by atoms with Gasteiger partial charge >= 0.3 is 5.69 Å². The van der Waals surface area contributed by atoms with E-state index in [1.54, 1.807) is 7.05 Å². The Bertz CT molecular complexity index is 1390. The van der Waals surface area contributed by atoms with Gasteiger partial charge < -0.3 is 4.90 Å². The third-order valence-corrected chi connectivity index (χ3v) is 6.31. The molecule has 0 saturated carbocycles. The fourth-order valence-electron chi connectivity index (χ4n) is 4.55. The SMILES string of the molecule is Cc1cccc(Cn2c(N3CCN(Cc4ccccc4)CC3)nc3c2c(=O)[nH]c(=O)n3C)c1. The Morgan fingerprint density at radius 2 is 1.64 bits per heavy atom. The van der Waals surface area contributed by atoms with Gasteiger partial charge in [-0.3, -0.25) is 23.8 Å². The third-order valence-electron chi connectivity index (χ3n) is 6.31. The van der Waals surface area contributed by atoms with Crippen molar-refractivity contribution in [3.63, 3.8) is 0 Å². The number of imidazole rings is 1. The quantitative estimate of drug-likeness (QED) is 0.510. The molecule has 3 heterocycles. The summed E-state index contributed by atoms with van der Waals surface area (Å²) in [4.78, 5) is 36.9. The molecule has 0 spiro atoms. The van der Waals surface area contributed by atoms with Gasteiger partial charge in [0.2, 0.25) is 5.95 Å². The standard InChI is InChI=1S/C25H28N6O2/c1-18-7-6-10-20(15-18)17-31-21-22(28(2)25(33)27-23(21)32)26-24(31)30-13-11-29(12-14-30)16-19-8-4-3-5-9-19/h3-10,15H,11-14,16-17H2,1-2H3,(H,27,32,33). The largest absolute Gasteiger partial charge is 0.340 e. The average Bonchev–Trinajstić information content (AvgIpc) is 3.18. The number of nitrogens with zero attached hydrogens (tertiary/aromatic N) is 5. The van der Waals surface area contributed by atoms with E-state index in [1.807, 2.05) is 16.7 Å². The lowest BCUT2D eigenvalue weighted by Gasteiger charge is -2.35. The minimum absolute atomic E-state index is 0.401. The molecule has 0 bridgehead atoms. The van der Waals surface area contributed by atoms with Crippen molar-refractivity contribution >= 4 is 17.1 Å². The predicted octanol–water partition coefficient (Wildman–Crippen LogP) is 2.10. The number of piperazine rings is 1. The van der Waals surface area contributed by atoms with Crippen LogP contribution in [0.1, 0.15) is 16.7 Å². The van der Waals surface area contributed by atoms with Crippen molar-refractivity contribution in [2.75, 3.05) is 31.1 Å². The Balaban J connectivity index is 1.48. The van der Waals surface area contributed by atoms with Gasteiger partial charge in [0.15, 0.2) is 11.2 Å². The van der Waals surface area contributed by atoms with E-state index in [4.69, 9.17) is 4.98 Å². The van der Waals surface area contributed by atoms with E-state index in [2.05, 4.69) is 64.2 Å². The van der Waals surface area contributed by atoms with Crippen LogP contribution in [0.4, 0.5) is 5.95 Å². The molecule has 1 saturated heterocycles. The molecule has 170 valence electrons. The number of H-pyrrole nitrogens is 1. The topological polar surface area (TPSA) is 79.2 Å². The second-order valence-electron chi connectivity index (χ2n) is 8.73. The first-order chi connectivity index (χ1) is 16.0. The highest BCUT2D eigenvalue weighted by Gasteiger charge is 2.25. The van der Waals surface area contributed by atoms with Gasteiger partial charge in [-0.05, 0) is 18.1 Å². The summed E-state index contributed by atoms with van der Waals surface area (Å²) < 4.78 is 3.37. The lowest BCUT2D eigenvalue weighted by molar-refractivity contribution is 0.248. The molecule has 5 rings (SSSR count). The molecule has 1 fully saturated rings. The highest BCUT2D eigenvalue weighted by molar-refractivity contribution is 5.74. The van der Waals surface area contributed by atoms with Crippen LogP contribution in [-0.2, 0) is 20.1 Å². The number of aromatic nitrogens is 4. The molecule has 0 atom stereocenters. The van der Waals surface area contributed by atoms with Crippen LogP contribution in [0.3, 0.4) is 0 Å². The molecule has 1 aliphatic rings. The maximum Gasteiger partial charge on any atom is 0.329 e. The third kappa shape index (κ3) is 4.21. The van der Waals surface area contributed by atoms with E-state index in [-0.39, 0.29) is 0 Å². The molecule has 8 heteroatoms. The highest BCUT2D eigenvalue weighted by atomic mass is 16.2. The zero-order valence-electron chi connectivity index (χ0n) is 19.0. The maximum atomic E-state index is 12.8. The molecule has 1 aliphatic heterocycles. The van der Waals surface area contributed by atoms with Gasteiger partial charge in [-0.25, -0.2) is 4.79 Å². The monoisotopic (exact) mass is 444 g/mol. The number of anilines is 1. The minimum Gasteiger partial charge on any atom is -0.340 e. The van der Waals surface area contributed by atoms with Crippen LogP contribution < -0.4 is 16.1 Å². The van der Waals surface area contributed by atoms with Crippen molar-refractivity contribution in [3.8, 4) is 0 Å². The molecule has 0 aliphatic carbocycles. The summed E-state index contributed by atoms with van der Waals surface area (Å²) in [6, 6.07) is 18.7. The van der Waals surface area contributed by atoms with Crippen molar-refractivity contribution < 1.29 is 0 Å². The minimum atomic E-state index is -0.452. The number of nitrogens with one attached hydrogen (secondary N) is 1. The molecule has 4 aromatic rings. The van der Waals surface area contributed by atoms with E-state index in [0.717, 1.165) is 49.8 Å². The van der Waals surface area contributed by atoms with Crippen molar-refractivity contribution in [3.05, 3.63) is 92.1 Å². The van der Waals surface area contributed by atoms with E-state index in [0.29, 0.717) is 17.7 Å². The molecule has 0 radical (unpaired) electrons. The maximum absolute atomic E-state index is 12.8. The number of benzene rings is 2. The van der Waals surface area contributed by atoms with Crippen molar-refractivity contribution in [2.24, 2.45) is 7.05 Å². The van der Waals surface area contributed by atoms with E-state index in [1.165, 1.54) is 10.1 Å². The Kier molecular flexibility index (Phi) is 5.60. The lowest BCUT2D eigenvalue weighted by Crippen LogP contribution is -2.46. The van der Waals surface area contributed by atoms with Gasteiger partial charge in [-0.15, -0.1) is 0 Å². The van der Waals surface area contributed by atoms with Gasteiger partial charge in [0.1, 0.15) is 0 Å². The number of fused-ring (bicyclic) bond motifs is 1. The molecule has 1 N–H and O–H groups in total. The highest BCUT2D eigenvalue weighted by Crippen LogP contribution is 2.23. The zero-order chi connectivity index (χ0) is 22.9.